The molecule has 1 aromatic rings. The number of aryl methyl sites for hydroxylation is 1. The summed E-state index contributed by atoms with van der Waals surface area (Å²) in [6.45, 7) is 5.25. The van der Waals surface area contributed by atoms with Crippen molar-refractivity contribution in [2.24, 2.45) is 5.41 Å². The Kier molecular flexibility index (Phi) is 6.08. The van der Waals surface area contributed by atoms with E-state index in [2.05, 4.69) is 14.5 Å². The van der Waals surface area contributed by atoms with Crippen LogP contribution in [0.1, 0.15) is 53.5 Å². The number of aromatic amines is 1. The van der Waals surface area contributed by atoms with Crippen LogP contribution >= 0.6 is 0 Å². The molecule has 0 bridgehead atoms. The molecule has 1 N–H and O–H groups in total. The zero-order chi connectivity index (χ0) is 20.4. The minimum atomic E-state index is -1.07. The first-order valence-electron chi connectivity index (χ1n) is 8.68. The fraction of sp³-hybridized carbons (Fsp3) is 0.579. The predicted molar refractivity (Wildman–Crippen MR) is 94.2 cm³/mol. The van der Waals surface area contributed by atoms with Gasteiger partial charge in [0.05, 0.1) is 32.8 Å². The summed E-state index contributed by atoms with van der Waals surface area (Å²) < 4.78 is 14.6. The van der Waals surface area contributed by atoms with Gasteiger partial charge in [0.15, 0.2) is 6.10 Å². The van der Waals surface area contributed by atoms with E-state index in [1.165, 1.54) is 14.2 Å². The van der Waals surface area contributed by atoms with Gasteiger partial charge in [0, 0.05) is 17.5 Å². The van der Waals surface area contributed by atoms with Crippen molar-refractivity contribution in [2.45, 2.75) is 52.6 Å². The zero-order valence-corrected chi connectivity index (χ0v) is 16.3. The third-order valence-corrected chi connectivity index (χ3v) is 5.09. The molecule has 0 amide bonds. The van der Waals surface area contributed by atoms with Crippen LogP contribution in [-0.2, 0) is 35.0 Å². The number of carbonyl (C=O) groups excluding carboxylic acids is 4. The lowest BCUT2D eigenvalue weighted by molar-refractivity contribution is -0.144. The summed E-state index contributed by atoms with van der Waals surface area (Å²) in [5, 5.41) is 0. The van der Waals surface area contributed by atoms with E-state index < -0.39 is 29.2 Å². The van der Waals surface area contributed by atoms with E-state index >= 15 is 0 Å². The highest BCUT2D eigenvalue weighted by Gasteiger charge is 2.51. The lowest BCUT2D eigenvalue weighted by atomic mass is 9.77. The van der Waals surface area contributed by atoms with Gasteiger partial charge in [-0.15, -0.1) is 0 Å². The maximum absolute atomic E-state index is 13.1. The molecule has 0 spiro atoms. The number of ketones is 1. The van der Waals surface area contributed by atoms with Crippen molar-refractivity contribution in [1.82, 2.24) is 4.98 Å². The van der Waals surface area contributed by atoms with Crippen molar-refractivity contribution in [3.63, 3.8) is 0 Å². The van der Waals surface area contributed by atoms with Gasteiger partial charge >= 0.3 is 17.9 Å². The third kappa shape index (κ3) is 4.20. The lowest BCUT2D eigenvalue weighted by Gasteiger charge is -2.26. The van der Waals surface area contributed by atoms with Crippen molar-refractivity contribution >= 4 is 23.7 Å². The fourth-order valence-electron chi connectivity index (χ4n) is 3.54. The molecule has 0 aliphatic carbocycles. The van der Waals surface area contributed by atoms with Crippen LogP contribution < -0.4 is 0 Å². The van der Waals surface area contributed by atoms with Crippen LogP contribution in [0.25, 0.3) is 0 Å². The van der Waals surface area contributed by atoms with Crippen LogP contribution in [-0.4, -0.2) is 49.0 Å². The molecule has 0 radical (unpaired) electrons. The van der Waals surface area contributed by atoms with Gasteiger partial charge in [0.1, 0.15) is 0 Å². The smallest absolute Gasteiger partial charge is 0.307 e. The Hall–Kier alpha value is -2.64. The number of nitrogens with one attached hydrogen (secondary N) is 1. The van der Waals surface area contributed by atoms with Crippen LogP contribution in [0.3, 0.4) is 0 Å². The van der Waals surface area contributed by atoms with E-state index in [1.807, 2.05) is 6.92 Å². The Labute approximate surface area is 157 Å². The molecule has 1 saturated heterocycles. The summed E-state index contributed by atoms with van der Waals surface area (Å²) in [5.74, 6) is -1.76. The van der Waals surface area contributed by atoms with Gasteiger partial charge in [-0.05, 0) is 31.4 Å². The highest BCUT2D eigenvalue weighted by atomic mass is 16.6. The second-order valence-corrected chi connectivity index (χ2v) is 7.12. The number of H-pyrrole nitrogens is 1. The first kappa shape index (κ1) is 20.7. The van der Waals surface area contributed by atoms with Crippen LogP contribution in [0.5, 0.6) is 0 Å². The number of aromatic nitrogens is 1. The Balaban J connectivity index is 2.29. The summed E-state index contributed by atoms with van der Waals surface area (Å²) in [6, 6.07) is 0. The Bertz CT molecular complexity index is 779. The molecule has 1 aliphatic heterocycles. The Morgan fingerprint density at radius 2 is 1.81 bits per heavy atom. The predicted octanol–water partition coefficient (Wildman–Crippen LogP) is 1.80. The largest absolute Gasteiger partial charge is 0.469 e. The van der Waals surface area contributed by atoms with Crippen molar-refractivity contribution < 1.29 is 33.4 Å². The quantitative estimate of drug-likeness (QED) is 0.437. The average molecular weight is 379 g/mol. The third-order valence-electron chi connectivity index (χ3n) is 5.09. The van der Waals surface area contributed by atoms with Gasteiger partial charge in [-0.3, -0.25) is 19.2 Å². The maximum atomic E-state index is 13.1. The molecule has 1 aromatic heterocycles. The highest BCUT2D eigenvalue weighted by Crippen LogP contribution is 2.41. The summed E-state index contributed by atoms with van der Waals surface area (Å²) in [7, 11) is 2.58. The first-order valence-corrected chi connectivity index (χ1v) is 8.68. The number of carbonyl (C=O) groups is 4. The molecule has 2 heterocycles. The van der Waals surface area contributed by atoms with Gasteiger partial charge in [-0.25, -0.2) is 0 Å². The number of methoxy groups -OCH3 is 2. The normalized spacial score (nSPS) is 21.7. The molecular formula is C19H25NO7. The van der Waals surface area contributed by atoms with Crippen LogP contribution in [0, 0.1) is 19.3 Å². The minimum absolute atomic E-state index is 0.0353. The molecule has 27 heavy (non-hydrogen) atoms. The van der Waals surface area contributed by atoms with Crippen LogP contribution in [0.4, 0.5) is 0 Å². The van der Waals surface area contributed by atoms with E-state index in [0.29, 0.717) is 17.7 Å². The van der Waals surface area contributed by atoms with Crippen molar-refractivity contribution in [3.05, 3.63) is 22.5 Å². The van der Waals surface area contributed by atoms with E-state index in [-0.39, 0.29) is 25.2 Å². The second kappa shape index (κ2) is 7.94. The van der Waals surface area contributed by atoms with Gasteiger partial charge in [0.25, 0.3) is 0 Å². The van der Waals surface area contributed by atoms with Crippen molar-refractivity contribution in [1.29, 1.82) is 0 Å². The Morgan fingerprint density at radius 1 is 1.19 bits per heavy atom. The average Bonchev–Trinajstić information content (AvgIpc) is 3.07. The van der Waals surface area contributed by atoms with Crippen LogP contribution in [0.2, 0.25) is 0 Å². The molecule has 1 aliphatic rings. The number of hydrogen-bond acceptors (Lipinski definition) is 7. The summed E-state index contributed by atoms with van der Waals surface area (Å²) in [5.41, 5.74) is 1.66. The summed E-state index contributed by atoms with van der Waals surface area (Å²) in [6.07, 6.45) is -0.582. The second-order valence-electron chi connectivity index (χ2n) is 7.12. The standard InChI is InChI=1S/C19H25NO7/c1-10-12(6-7-13(21)25-4)11(2)20-16(10)17(24)18-19(3,8-14(22)26-5)9-15(23)27-18/h18,20H,6-9H2,1-5H3/t18-,19-/m0/s1. The van der Waals surface area contributed by atoms with Gasteiger partial charge in [-0.2, -0.15) is 0 Å². The SMILES string of the molecule is COC(=O)CCc1c(C)[nH]c(C(=O)[C@@H]2OC(=O)C[C@]2(C)CC(=O)OC)c1C. The molecule has 8 heteroatoms. The molecule has 2 atom stereocenters. The number of rotatable bonds is 7. The lowest BCUT2D eigenvalue weighted by Crippen LogP contribution is -2.37. The van der Waals surface area contributed by atoms with E-state index in [1.54, 1.807) is 13.8 Å². The number of ether oxygens (including phenoxy) is 3. The van der Waals surface area contributed by atoms with Crippen LogP contribution in [0.15, 0.2) is 0 Å². The number of hydrogen-bond donors (Lipinski definition) is 1. The monoisotopic (exact) mass is 379 g/mol. The number of cyclic esters (lactones) is 1. The maximum Gasteiger partial charge on any atom is 0.307 e. The zero-order valence-electron chi connectivity index (χ0n) is 16.3. The van der Waals surface area contributed by atoms with Crippen molar-refractivity contribution in [3.8, 4) is 0 Å². The molecule has 0 saturated carbocycles. The molecule has 1 fully saturated rings. The molecule has 0 unspecified atom stereocenters. The minimum Gasteiger partial charge on any atom is -0.469 e. The molecule has 0 aromatic carbocycles. The summed E-state index contributed by atoms with van der Waals surface area (Å²) in [4.78, 5) is 51.1. The van der Waals surface area contributed by atoms with Gasteiger partial charge in [-0.1, -0.05) is 6.92 Å². The molecule has 8 nitrogen and oxygen atoms in total. The van der Waals surface area contributed by atoms with E-state index in [0.717, 1.165) is 11.3 Å². The van der Waals surface area contributed by atoms with E-state index in [4.69, 9.17) is 4.74 Å². The topological polar surface area (TPSA) is 112 Å². The molecule has 148 valence electrons. The Morgan fingerprint density at radius 3 is 2.41 bits per heavy atom. The van der Waals surface area contributed by atoms with Gasteiger partial charge < -0.3 is 19.2 Å². The number of esters is 3. The van der Waals surface area contributed by atoms with Gasteiger partial charge in [0.2, 0.25) is 5.78 Å². The fourth-order valence-corrected chi connectivity index (χ4v) is 3.54. The highest BCUT2D eigenvalue weighted by molar-refractivity contribution is 6.02. The van der Waals surface area contributed by atoms with E-state index in [9.17, 15) is 19.2 Å². The van der Waals surface area contributed by atoms with Crippen molar-refractivity contribution in [2.75, 3.05) is 14.2 Å². The number of Topliss-reactive ketones (excluding diaryl/α,β-unsaturated/α-hetero) is 1. The molecule has 2 rings (SSSR count). The first-order chi connectivity index (χ1) is 12.6. The summed E-state index contributed by atoms with van der Waals surface area (Å²) >= 11 is 0. The molecular weight excluding hydrogens is 354 g/mol.